The lowest BCUT2D eigenvalue weighted by Gasteiger charge is -2.45. The first-order valence-corrected chi connectivity index (χ1v) is 8.50. The van der Waals surface area contributed by atoms with Crippen molar-refractivity contribution in [1.29, 1.82) is 0 Å². The number of carbonyl (C=O) groups is 2. The van der Waals surface area contributed by atoms with E-state index in [4.69, 9.17) is 4.74 Å². The van der Waals surface area contributed by atoms with Gasteiger partial charge in [0.2, 0.25) is 0 Å². The number of Topliss-reactive ketones (excluding diaryl/α,β-unsaturated/α-hetero) is 1. The smallest absolute Gasteiger partial charge is 0.308 e. The number of esters is 1. The van der Waals surface area contributed by atoms with Crippen molar-refractivity contribution in [3.05, 3.63) is 29.8 Å². The van der Waals surface area contributed by atoms with Gasteiger partial charge in [0.25, 0.3) is 0 Å². The molecular formula is C19H28ClNO3. The quantitative estimate of drug-likeness (QED) is 0.570. The van der Waals surface area contributed by atoms with Gasteiger partial charge in [0.15, 0.2) is 0 Å². The van der Waals surface area contributed by atoms with E-state index in [-0.39, 0.29) is 23.9 Å². The number of hydrogen-bond acceptors (Lipinski definition) is 4. The Morgan fingerprint density at radius 3 is 2.54 bits per heavy atom. The van der Waals surface area contributed by atoms with Gasteiger partial charge in [0.1, 0.15) is 11.5 Å². The lowest BCUT2D eigenvalue weighted by Crippen LogP contribution is -2.47. The molecule has 0 N–H and O–H groups in total. The van der Waals surface area contributed by atoms with E-state index in [0.717, 1.165) is 37.8 Å². The summed E-state index contributed by atoms with van der Waals surface area (Å²) in [7, 11) is 2.14. The van der Waals surface area contributed by atoms with Crippen LogP contribution in [-0.4, -0.2) is 30.2 Å². The molecule has 0 heterocycles. The summed E-state index contributed by atoms with van der Waals surface area (Å²) in [6.07, 6.45) is 5.18. The molecule has 2 rings (SSSR count). The van der Waals surface area contributed by atoms with Gasteiger partial charge in [-0.15, -0.1) is 12.4 Å². The molecule has 0 spiro atoms. The van der Waals surface area contributed by atoms with E-state index in [9.17, 15) is 9.59 Å². The van der Waals surface area contributed by atoms with Gasteiger partial charge < -0.3 is 4.74 Å². The number of rotatable bonds is 6. The average molecular weight is 354 g/mol. The van der Waals surface area contributed by atoms with Gasteiger partial charge in [-0.3, -0.25) is 14.5 Å². The average Bonchev–Trinajstić information content (AvgIpc) is 2.53. The molecule has 0 aromatic heterocycles. The first-order chi connectivity index (χ1) is 11.0. The highest BCUT2D eigenvalue weighted by Crippen LogP contribution is 2.41. The summed E-state index contributed by atoms with van der Waals surface area (Å²) < 4.78 is 5.25. The van der Waals surface area contributed by atoms with Crippen molar-refractivity contribution in [3.8, 4) is 5.75 Å². The van der Waals surface area contributed by atoms with Crippen molar-refractivity contribution in [1.82, 2.24) is 4.90 Å². The van der Waals surface area contributed by atoms with Crippen molar-refractivity contribution in [2.24, 2.45) is 0 Å². The molecule has 0 bridgehead atoms. The van der Waals surface area contributed by atoms with Gasteiger partial charge in [0.05, 0.1) is 0 Å². The van der Waals surface area contributed by atoms with Crippen LogP contribution in [0.3, 0.4) is 0 Å². The first-order valence-electron chi connectivity index (χ1n) is 8.50. The molecule has 134 valence electrons. The van der Waals surface area contributed by atoms with Crippen LogP contribution in [-0.2, 0) is 15.1 Å². The predicted molar refractivity (Wildman–Crippen MR) is 97.7 cm³/mol. The molecule has 1 aliphatic carbocycles. The van der Waals surface area contributed by atoms with Crippen LogP contribution in [0.5, 0.6) is 5.75 Å². The zero-order valence-electron chi connectivity index (χ0n) is 14.8. The van der Waals surface area contributed by atoms with E-state index < -0.39 is 0 Å². The highest BCUT2D eigenvalue weighted by atomic mass is 35.5. The summed E-state index contributed by atoms with van der Waals surface area (Å²) in [5.74, 6) is 0.616. The van der Waals surface area contributed by atoms with E-state index >= 15 is 0 Å². The van der Waals surface area contributed by atoms with Crippen LogP contribution in [0.4, 0.5) is 0 Å². The van der Waals surface area contributed by atoms with Gasteiger partial charge in [-0.2, -0.15) is 0 Å². The molecule has 24 heavy (non-hydrogen) atoms. The highest BCUT2D eigenvalue weighted by molar-refractivity contribution is 5.85. The Kier molecular flexibility index (Phi) is 7.91. The number of ether oxygens (including phenoxy) is 1. The summed E-state index contributed by atoms with van der Waals surface area (Å²) in [4.78, 5) is 25.3. The van der Waals surface area contributed by atoms with Gasteiger partial charge in [-0.25, -0.2) is 0 Å². The van der Waals surface area contributed by atoms with Crippen molar-refractivity contribution < 1.29 is 14.3 Å². The minimum Gasteiger partial charge on any atom is -0.427 e. The molecule has 1 aromatic carbocycles. The number of unbranched alkanes of at least 4 members (excludes halogenated alkanes) is 1. The number of ketones is 1. The minimum atomic E-state index is -0.311. The van der Waals surface area contributed by atoms with Crippen molar-refractivity contribution in [3.63, 3.8) is 0 Å². The molecule has 0 atom stereocenters. The minimum absolute atomic E-state index is 0. The fourth-order valence-corrected chi connectivity index (χ4v) is 3.46. The van der Waals surface area contributed by atoms with Crippen LogP contribution in [0.2, 0.25) is 0 Å². The largest absolute Gasteiger partial charge is 0.427 e. The molecule has 1 saturated carbocycles. The third kappa shape index (κ3) is 4.81. The molecule has 0 saturated heterocycles. The number of carbonyl (C=O) groups excluding carboxylic acids is 2. The molecule has 0 amide bonds. The van der Waals surface area contributed by atoms with Crippen LogP contribution in [0.15, 0.2) is 24.3 Å². The summed E-state index contributed by atoms with van der Waals surface area (Å²) in [6, 6.07) is 7.78. The van der Waals surface area contributed by atoms with Crippen molar-refractivity contribution in [2.75, 3.05) is 13.6 Å². The molecular weight excluding hydrogens is 326 g/mol. The van der Waals surface area contributed by atoms with Gasteiger partial charge in [0, 0.05) is 25.3 Å². The van der Waals surface area contributed by atoms with Crippen LogP contribution in [0, 0.1) is 0 Å². The fraction of sp³-hybridized carbons (Fsp3) is 0.579. The zero-order valence-corrected chi connectivity index (χ0v) is 15.7. The van der Waals surface area contributed by atoms with E-state index in [0.29, 0.717) is 24.4 Å². The Morgan fingerprint density at radius 1 is 1.29 bits per heavy atom. The van der Waals surface area contributed by atoms with E-state index in [1.54, 1.807) is 6.07 Å². The van der Waals surface area contributed by atoms with E-state index in [1.807, 2.05) is 12.1 Å². The second-order valence-electron chi connectivity index (χ2n) is 6.47. The normalized spacial score (nSPS) is 16.6. The van der Waals surface area contributed by atoms with Crippen molar-refractivity contribution in [2.45, 2.75) is 57.9 Å². The zero-order chi connectivity index (χ0) is 16.9. The molecule has 1 fully saturated rings. The fourth-order valence-electron chi connectivity index (χ4n) is 3.46. The molecule has 1 aliphatic rings. The summed E-state index contributed by atoms with van der Waals surface area (Å²) in [5.41, 5.74) is 1.00. The molecule has 4 nitrogen and oxygen atoms in total. The first kappa shape index (κ1) is 20.7. The third-order valence-corrected chi connectivity index (χ3v) is 4.85. The second-order valence-corrected chi connectivity index (χ2v) is 6.47. The Hall–Kier alpha value is -1.39. The maximum atomic E-state index is 11.7. The lowest BCUT2D eigenvalue weighted by molar-refractivity contribution is -0.131. The maximum absolute atomic E-state index is 11.7. The number of nitrogens with zero attached hydrogens (tertiary/aromatic N) is 1. The van der Waals surface area contributed by atoms with Crippen molar-refractivity contribution >= 4 is 24.2 Å². The Labute approximate surface area is 151 Å². The Balaban J connectivity index is 0.00000288. The summed E-state index contributed by atoms with van der Waals surface area (Å²) >= 11 is 0. The number of halogens is 1. The summed E-state index contributed by atoms with van der Waals surface area (Å²) in [5, 5.41) is 0. The van der Waals surface area contributed by atoms with Crippen LogP contribution in [0.1, 0.15) is 57.9 Å². The Morgan fingerprint density at radius 2 is 1.96 bits per heavy atom. The molecule has 5 heteroatoms. The topological polar surface area (TPSA) is 46.6 Å². The lowest BCUT2D eigenvalue weighted by atomic mass is 9.75. The van der Waals surface area contributed by atoms with Gasteiger partial charge in [-0.05, 0) is 50.6 Å². The molecule has 0 unspecified atom stereocenters. The second kappa shape index (κ2) is 9.19. The van der Waals surface area contributed by atoms with Crippen LogP contribution < -0.4 is 4.74 Å². The predicted octanol–water partition coefficient (Wildman–Crippen LogP) is 4.10. The van der Waals surface area contributed by atoms with Crippen LogP contribution >= 0.6 is 12.4 Å². The SMILES string of the molecule is CCCCN(C)C1(c2cccc(OC(C)=O)c2)CCC(=O)CC1.Cl. The van der Waals surface area contributed by atoms with E-state index in [2.05, 4.69) is 24.9 Å². The van der Waals surface area contributed by atoms with Gasteiger partial charge in [-0.1, -0.05) is 25.5 Å². The number of benzene rings is 1. The molecule has 0 radical (unpaired) electrons. The van der Waals surface area contributed by atoms with Crippen LogP contribution in [0.25, 0.3) is 0 Å². The number of hydrogen-bond donors (Lipinski definition) is 0. The third-order valence-electron chi connectivity index (χ3n) is 4.85. The summed E-state index contributed by atoms with van der Waals surface area (Å²) in [6.45, 7) is 4.60. The highest BCUT2D eigenvalue weighted by Gasteiger charge is 2.39. The van der Waals surface area contributed by atoms with Gasteiger partial charge >= 0.3 is 5.97 Å². The van der Waals surface area contributed by atoms with E-state index in [1.165, 1.54) is 6.92 Å². The molecule has 1 aromatic rings. The Bertz CT molecular complexity index is 563. The standard InChI is InChI=1S/C19H27NO3.ClH/c1-4-5-13-20(3)19(11-9-17(22)10-12-19)16-7-6-8-18(14-16)23-15(2)21;/h6-8,14H,4-5,9-13H2,1-3H3;1H. The molecule has 0 aliphatic heterocycles. The maximum Gasteiger partial charge on any atom is 0.308 e. The monoisotopic (exact) mass is 353 g/mol.